The smallest absolute Gasteiger partial charge is 0.0244 e. The molecule has 0 aliphatic rings. The standard InChI is InChI=1S/C13H30N2/c1-5-8-9-10-11-13(12(4)14)15(6-2)7-3/h12-13H,5-11,14H2,1-4H3. The van der Waals surface area contributed by atoms with Crippen LogP contribution in [0.3, 0.4) is 0 Å². The summed E-state index contributed by atoms with van der Waals surface area (Å²) in [6.07, 6.45) is 6.63. The van der Waals surface area contributed by atoms with Crippen molar-refractivity contribution in [3.8, 4) is 0 Å². The zero-order valence-electron chi connectivity index (χ0n) is 11.1. The molecule has 0 aliphatic carbocycles. The van der Waals surface area contributed by atoms with E-state index in [9.17, 15) is 0 Å². The van der Waals surface area contributed by atoms with Gasteiger partial charge in [0.2, 0.25) is 0 Å². The molecule has 2 atom stereocenters. The Bertz CT molecular complexity index is 130. The van der Waals surface area contributed by atoms with Gasteiger partial charge in [0.15, 0.2) is 0 Å². The molecule has 0 aromatic heterocycles. The van der Waals surface area contributed by atoms with Gasteiger partial charge in [0.05, 0.1) is 0 Å². The van der Waals surface area contributed by atoms with Crippen molar-refractivity contribution < 1.29 is 0 Å². The second-order valence-corrected chi connectivity index (χ2v) is 4.50. The normalized spacial score (nSPS) is 15.6. The average molecular weight is 214 g/mol. The van der Waals surface area contributed by atoms with Crippen LogP contribution in [-0.4, -0.2) is 30.1 Å². The van der Waals surface area contributed by atoms with Gasteiger partial charge in [0.1, 0.15) is 0 Å². The van der Waals surface area contributed by atoms with Gasteiger partial charge in [-0.3, -0.25) is 4.90 Å². The summed E-state index contributed by atoms with van der Waals surface area (Å²) in [5, 5.41) is 0. The zero-order valence-corrected chi connectivity index (χ0v) is 11.1. The predicted molar refractivity (Wildman–Crippen MR) is 69.1 cm³/mol. The van der Waals surface area contributed by atoms with Crippen molar-refractivity contribution in [2.45, 2.75) is 71.9 Å². The van der Waals surface area contributed by atoms with Crippen molar-refractivity contribution in [1.29, 1.82) is 0 Å². The molecule has 0 spiro atoms. The van der Waals surface area contributed by atoms with E-state index in [0.29, 0.717) is 12.1 Å². The van der Waals surface area contributed by atoms with Crippen LogP contribution in [0.4, 0.5) is 0 Å². The maximum absolute atomic E-state index is 6.06. The Balaban J connectivity index is 3.92. The van der Waals surface area contributed by atoms with Gasteiger partial charge >= 0.3 is 0 Å². The molecule has 0 saturated heterocycles. The summed E-state index contributed by atoms with van der Waals surface area (Å²) in [5.41, 5.74) is 6.06. The van der Waals surface area contributed by atoms with Crippen LogP contribution in [0, 0.1) is 0 Å². The van der Waals surface area contributed by atoms with E-state index in [1.54, 1.807) is 0 Å². The molecule has 92 valence electrons. The highest BCUT2D eigenvalue weighted by atomic mass is 15.2. The number of hydrogen-bond acceptors (Lipinski definition) is 2. The third kappa shape index (κ3) is 6.16. The summed E-state index contributed by atoms with van der Waals surface area (Å²) >= 11 is 0. The highest BCUT2D eigenvalue weighted by Gasteiger charge is 2.18. The second kappa shape index (κ2) is 9.17. The summed E-state index contributed by atoms with van der Waals surface area (Å²) in [6.45, 7) is 11.1. The minimum atomic E-state index is 0.298. The molecule has 2 heteroatoms. The Morgan fingerprint density at radius 3 is 2.00 bits per heavy atom. The number of hydrogen-bond donors (Lipinski definition) is 1. The van der Waals surface area contributed by atoms with Crippen LogP contribution in [-0.2, 0) is 0 Å². The lowest BCUT2D eigenvalue weighted by atomic mass is 10.0. The van der Waals surface area contributed by atoms with E-state index in [2.05, 4.69) is 32.6 Å². The van der Waals surface area contributed by atoms with E-state index in [-0.39, 0.29) is 0 Å². The molecule has 15 heavy (non-hydrogen) atoms. The van der Waals surface area contributed by atoms with E-state index in [1.165, 1.54) is 32.1 Å². The maximum atomic E-state index is 6.06. The first kappa shape index (κ1) is 14.9. The van der Waals surface area contributed by atoms with E-state index in [1.807, 2.05) is 0 Å². The van der Waals surface area contributed by atoms with E-state index >= 15 is 0 Å². The molecule has 0 aliphatic heterocycles. The molecular weight excluding hydrogens is 184 g/mol. The Labute approximate surface area is 96.2 Å². The molecule has 0 aromatic carbocycles. The quantitative estimate of drug-likeness (QED) is 0.598. The summed E-state index contributed by atoms with van der Waals surface area (Å²) in [6, 6.07) is 0.878. The molecule has 0 aromatic rings. The van der Waals surface area contributed by atoms with Gasteiger partial charge < -0.3 is 5.73 Å². The Morgan fingerprint density at radius 1 is 1.00 bits per heavy atom. The van der Waals surface area contributed by atoms with Crippen molar-refractivity contribution >= 4 is 0 Å². The Hall–Kier alpha value is -0.0800. The van der Waals surface area contributed by atoms with Gasteiger partial charge in [-0.1, -0.05) is 46.5 Å². The van der Waals surface area contributed by atoms with Crippen molar-refractivity contribution in [2.24, 2.45) is 5.73 Å². The number of likely N-dealkylation sites (N-methyl/N-ethyl adjacent to an activating group) is 1. The van der Waals surface area contributed by atoms with E-state index < -0.39 is 0 Å². The van der Waals surface area contributed by atoms with Crippen LogP contribution >= 0.6 is 0 Å². The SMILES string of the molecule is CCCCCCC(C(C)N)N(CC)CC. The lowest BCUT2D eigenvalue weighted by Gasteiger charge is -2.32. The molecule has 0 saturated carbocycles. The van der Waals surface area contributed by atoms with Crippen LogP contribution in [0.1, 0.15) is 59.8 Å². The van der Waals surface area contributed by atoms with Gasteiger partial charge in [-0.05, 0) is 26.4 Å². The van der Waals surface area contributed by atoms with Crippen LogP contribution in [0.15, 0.2) is 0 Å². The third-order valence-corrected chi connectivity index (χ3v) is 3.24. The van der Waals surface area contributed by atoms with Gasteiger partial charge in [-0.2, -0.15) is 0 Å². The molecule has 0 bridgehead atoms. The van der Waals surface area contributed by atoms with Gasteiger partial charge in [0, 0.05) is 12.1 Å². The van der Waals surface area contributed by atoms with Crippen molar-refractivity contribution in [3.63, 3.8) is 0 Å². The van der Waals surface area contributed by atoms with E-state index in [0.717, 1.165) is 13.1 Å². The number of unbranched alkanes of at least 4 members (excludes halogenated alkanes) is 3. The largest absolute Gasteiger partial charge is 0.327 e. The minimum Gasteiger partial charge on any atom is -0.327 e. The molecule has 0 radical (unpaired) electrons. The van der Waals surface area contributed by atoms with Crippen LogP contribution in [0.25, 0.3) is 0 Å². The molecule has 0 fully saturated rings. The molecular formula is C13H30N2. The number of rotatable bonds is 9. The Kier molecular flexibility index (Phi) is 9.12. The number of nitrogens with zero attached hydrogens (tertiary/aromatic N) is 1. The molecule has 0 amide bonds. The average Bonchev–Trinajstić information content (AvgIpc) is 2.22. The van der Waals surface area contributed by atoms with Crippen LogP contribution < -0.4 is 5.73 Å². The zero-order chi connectivity index (χ0) is 11.7. The second-order valence-electron chi connectivity index (χ2n) is 4.50. The molecule has 2 nitrogen and oxygen atoms in total. The monoisotopic (exact) mass is 214 g/mol. The highest BCUT2D eigenvalue weighted by Crippen LogP contribution is 2.13. The first-order chi connectivity index (χ1) is 7.17. The molecule has 0 heterocycles. The van der Waals surface area contributed by atoms with Crippen molar-refractivity contribution in [3.05, 3.63) is 0 Å². The third-order valence-electron chi connectivity index (χ3n) is 3.24. The summed E-state index contributed by atoms with van der Waals surface area (Å²) in [7, 11) is 0. The first-order valence-electron chi connectivity index (χ1n) is 6.66. The maximum Gasteiger partial charge on any atom is 0.0244 e. The van der Waals surface area contributed by atoms with Gasteiger partial charge in [-0.25, -0.2) is 0 Å². The molecule has 0 rings (SSSR count). The summed E-state index contributed by atoms with van der Waals surface area (Å²) < 4.78 is 0. The van der Waals surface area contributed by atoms with Crippen molar-refractivity contribution in [1.82, 2.24) is 4.90 Å². The van der Waals surface area contributed by atoms with Gasteiger partial charge in [0.25, 0.3) is 0 Å². The van der Waals surface area contributed by atoms with Crippen LogP contribution in [0.2, 0.25) is 0 Å². The van der Waals surface area contributed by atoms with Crippen molar-refractivity contribution in [2.75, 3.05) is 13.1 Å². The molecule has 2 N–H and O–H groups in total. The lowest BCUT2D eigenvalue weighted by molar-refractivity contribution is 0.180. The fraction of sp³-hybridized carbons (Fsp3) is 1.00. The summed E-state index contributed by atoms with van der Waals surface area (Å²) in [5.74, 6) is 0. The van der Waals surface area contributed by atoms with E-state index in [4.69, 9.17) is 5.73 Å². The summed E-state index contributed by atoms with van der Waals surface area (Å²) in [4.78, 5) is 2.50. The first-order valence-corrected chi connectivity index (χ1v) is 6.66. The minimum absolute atomic E-state index is 0.298. The van der Waals surface area contributed by atoms with Gasteiger partial charge in [-0.15, -0.1) is 0 Å². The lowest BCUT2D eigenvalue weighted by Crippen LogP contribution is -2.46. The fourth-order valence-electron chi connectivity index (χ4n) is 2.25. The van der Waals surface area contributed by atoms with Crippen LogP contribution in [0.5, 0.6) is 0 Å². The fourth-order valence-corrected chi connectivity index (χ4v) is 2.25. The topological polar surface area (TPSA) is 29.3 Å². The molecule has 2 unspecified atom stereocenters. The Morgan fingerprint density at radius 2 is 1.60 bits per heavy atom. The highest BCUT2D eigenvalue weighted by molar-refractivity contribution is 4.78. The predicted octanol–water partition coefficient (Wildman–Crippen LogP) is 3.01. The number of nitrogens with two attached hydrogens (primary N) is 1.